The van der Waals surface area contributed by atoms with Gasteiger partial charge in [0.2, 0.25) is 0 Å². The van der Waals surface area contributed by atoms with Gasteiger partial charge >= 0.3 is 0 Å². The average molecular weight is 836 g/mol. The topological polar surface area (TPSA) is 27.7 Å². The molecule has 0 fully saturated rings. The smallest absolute Gasteiger partial charge is 0.147 e. The number of benzene rings is 3. The van der Waals surface area contributed by atoms with E-state index in [1.807, 2.05) is 0 Å². The summed E-state index contributed by atoms with van der Waals surface area (Å²) >= 11 is 22.2. The highest BCUT2D eigenvalue weighted by Gasteiger charge is 2.35. The van der Waals surface area contributed by atoms with E-state index in [2.05, 4.69) is 139 Å². The summed E-state index contributed by atoms with van der Waals surface area (Å²) in [5.74, 6) is 1.49. The number of hydrogen-bond acceptors (Lipinski definition) is 3. The van der Waals surface area contributed by atoms with Gasteiger partial charge in [0.25, 0.3) is 0 Å². The van der Waals surface area contributed by atoms with Crippen LogP contribution in [0.25, 0.3) is 0 Å². The number of hydrogen-bond donors (Lipinski definition) is 0. The van der Waals surface area contributed by atoms with E-state index in [0.717, 1.165) is 60.6 Å². The second-order valence-electron chi connectivity index (χ2n) is 7.42. The van der Waals surface area contributed by atoms with Crippen LogP contribution in [0.1, 0.15) is 29.2 Å². The van der Waals surface area contributed by atoms with Crippen LogP contribution in [0, 0.1) is 0 Å². The molecule has 0 radical (unpaired) electrons. The van der Waals surface area contributed by atoms with Crippen LogP contribution in [0.3, 0.4) is 0 Å². The molecule has 0 aliphatic heterocycles. The van der Waals surface area contributed by atoms with Crippen molar-refractivity contribution in [3.8, 4) is 11.5 Å². The van der Waals surface area contributed by atoms with Gasteiger partial charge in [-0.25, -0.2) is 0 Å². The monoisotopic (exact) mass is 830 g/mol. The zero-order valence-electron chi connectivity index (χ0n) is 18.2. The molecule has 33 heavy (non-hydrogen) atoms. The van der Waals surface area contributed by atoms with E-state index in [9.17, 15) is 0 Å². The number of rotatable bonds is 7. The Hall–Kier alpha value is 0.1000. The summed E-state index contributed by atoms with van der Waals surface area (Å²) in [6.45, 7) is 2.70. The van der Waals surface area contributed by atoms with Crippen molar-refractivity contribution in [3.05, 3.63) is 85.5 Å². The Morgan fingerprint density at radius 3 is 1.15 bits per heavy atom. The summed E-state index contributed by atoms with van der Waals surface area (Å²) < 4.78 is 21.9. The van der Waals surface area contributed by atoms with Gasteiger partial charge in [0.1, 0.15) is 11.5 Å². The third-order valence-electron chi connectivity index (χ3n) is 5.57. The summed E-state index contributed by atoms with van der Waals surface area (Å²) in [6, 6.07) is 12.7. The standard InChI is InChI=1S/C24H20Br6O3/c1-24(13-7-18(27)22(32-3)19(28)8-13,14-9-20(29)23(33-4)21(30)10-14)12-5-16(25)15(11-31-2)17(26)6-12/h5-10H,11H2,1-4H3. The van der Waals surface area contributed by atoms with E-state index in [0.29, 0.717) is 6.61 Å². The van der Waals surface area contributed by atoms with Gasteiger partial charge in [-0.1, -0.05) is 31.9 Å². The van der Waals surface area contributed by atoms with Crippen LogP contribution < -0.4 is 9.47 Å². The van der Waals surface area contributed by atoms with Crippen molar-refractivity contribution >= 4 is 95.6 Å². The summed E-state index contributed by atoms with van der Waals surface area (Å²) in [4.78, 5) is 0. The van der Waals surface area contributed by atoms with Gasteiger partial charge in [-0.2, -0.15) is 0 Å². The van der Waals surface area contributed by atoms with Crippen molar-refractivity contribution in [3.63, 3.8) is 0 Å². The van der Waals surface area contributed by atoms with Gasteiger partial charge in [-0.05, 0) is 124 Å². The fourth-order valence-electron chi connectivity index (χ4n) is 3.76. The van der Waals surface area contributed by atoms with Crippen molar-refractivity contribution in [1.29, 1.82) is 0 Å². The normalized spacial score (nSPS) is 11.6. The summed E-state index contributed by atoms with van der Waals surface area (Å²) in [7, 11) is 5.00. The van der Waals surface area contributed by atoms with Crippen LogP contribution in [0.5, 0.6) is 11.5 Å². The maximum absolute atomic E-state index is 5.55. The lowest BCUT2D eigenvalue weighted by atomic mass is 9.71. The minimum absolute atomic E-state index is 0.497. The first kappa shape index (κ1) is 27.7. The van der Waals surface area contributed by atoms with Crippen LogP contribution in [0.4, 0.5) is 0 Å². The summed E-state index contributed by atoms with van der Waals surface area (Å²) in [6.07, 6.45) is 0. The lowest BCUT2D eigenvalue weighted by Crippen LogP contribution is -2.26. The molecular weight excluding hydrogens is 816 g/mol. The Bertz CT molecular complexity index is 1070. The molecule has 0 atom stereocenters. The molecule has 0 spiro atoms. The lowest BCUT2D eigenvalue weighted by Gasteiger charge is -2.34. The van der Waals surface area contributed by atoms with Crippen molar-refractivity contribution in [2.24, 2.45) is 0 Å². The largest absolute Gasteiger partial charge is 0.494 e. The predicted octanol–water partition coefficient (Wildman–Crippen LogP) is 9.78. The van der Waals surface area contributed by atoms with Gasteiger partial charge in [-0.15, -0.1) is 0 Å². The van der Waals surface area contributed by atoms with Crippen LogP contribution in [0.2, 0.25) is 0 Å². The Kier molecular flexibility index (Phi) is 9.60. The molecule has 176 valence electrons. The van der Waals surface area contributed by atoms with Crippen molar-refractivity contribution in [2.45, 2.75) is 18.9 Å². The third kappa shape index (κ3) is 5.44. The third-order valence-corrected chi connectivity index (χ3v) is 9.34. The number of halogens is 6. The van der Waals surface area contributed by atoms with Crippen molar-refractivity contribution in [1.82, 2.24) is 0 Å². The van der Waals surface area contributed by atoms with Crippen molar-refractivity contribution in [2.75, 3.05) is 21.3 Å². The van der Waals surface area contributed by atoms with E-state index in [-0.39, 0.29) is 0 Å². The second kappa shape index (κ2) is 11.4. The number of methoxy groups -OCH3 is 3. The molecule has 3 aromatic carbocycles. The van der Waals surface area contributed by atoms with Crippen LogP contribution >= 0.6 is 95.6 Å². The fourth-order valence-corrected chi connectivity index (χ4v) is 8.20. The van der Waals surface area contributed by atoms with Crippen LogP contribution in [-0.2, 0) is 16.8 Å². The molecule has 3 nitrogen and oxygen atoms in total. The minimum Gasteiger partial charge on any atom is -0.494 e. The van der Waals surface area contributed by atoms with E-state index in [1.54, 1.807) is 21.3 Å². The Labute approximate surface area is 244 Å². The maximum atomic E-state index is 5.55. The van der Waals surface area contributed by atoms with Crippen molar-refractivity contribution < 1.29 is 14.2 Å². The van der Waals surface area contributed by atoms with Gasteiger partial charge < -0.3 is 14.2 Å². The summed E-state index contributed by atoms with van der Waals surface area (Å²) in [5.41, 5.74) is 3.76. The zero-order chi connectivity index (χ0) is 24.5. The Balaban J connectivity index is 2.38. The molecule has 0 aliphatic carbocycles. The van der Waals surface area contributed by atoms with Crippen LogP contribution in [0.15, 0.2) is 63.2 Å². The molecule has 0 bridgehead atoms. The summed E-state index contributed by atoms with van der Waals surface area (Å²) in [5, 5.41) is 0. The molecule has 9 heteroatoms. The molecular formula is C24H20Br6O3. The number of ether oxygens (including phenoxy) is 3. The maximum Gasteiger partial charge on any atom is 0.147 e. The first-order valence-corrected chi connectivity index (χ1v) is 14.4. The fraction of sp³-hybridized carbons (Fsp3) is 0.250. The predicted molar refractivity (Wildman–Crippen MR) is 155 cm³/mol. The van der Waals surface area contributed by atoms with Crippen LogP contribution in [-0.4, -0.2) is 21.3 Å². The molecule has 0 aliphatic rings. The minimum atomic E-state index is -0.536. The van der Waals surface area contributed by atoms with Gasteiger partial charge in [0, 0.05) is 27.0 Å². The zero-order valence-corrected chi connectivity index (χ0v) is 27.7. The van der Waals surface area contributed by atoms with Gasteiger partial charge in [0.15, 0.2) is 0 Å². The lowest BCUT2D eigenvalue weighted by molar-refractivity contribution is 0.184. The average Bonchev–Trinajstić information content (AvgIpc) is 2.75. The Morgan fingerprint density at radius 2 is 0.879 bits per heavy atom. The highest BCUT2D eigenvalue weighted by atomic mass is 79.9. The van der Waals surface area contributed by atoms with E-state index < -0.39 is 5.41 Å². The van der Waals surface area contributed by atoms with Gasteiger partial charge in [-0.3, -0.25) is 0 Å². The quantitative estimate of drug-likeness (QED) is 0.222. The van der Waals surface area contributed by atoms with E-state index in [4.69, 9.17) is 14.2 Å². The SMILES string of the molecule is COCc1c(Br)cc(C(C)(c2cc(Br)c(OC)c(Br)c2)c2cc(Br)c(OC)c(Br)c2)cc1Br. The molecule has 0 amide bonds. The highest BCUT2D eigenvalue weighted by Crippen LogP contribution is 2.48. The molecule has 3 rings (SSSR count). The molecule has 0 saturated carbocycles. The molecule has 0 heterocycles. The first-order chi connectivity index (χ1) is 15.6. The molecule has 0 aromatic heterocycles. The highest BCUT2D eigenvalue weighted by molar-refractivity contribution is 9.11. The molecule has 0 saturated heterocycles. The van der Waals surface area contributed by atoms with Gasteiger partial charge in [0.05, 0.1) is 38.7 Å². The second-order valence-corrected chi connectivity index (χ2v) is 12.5. The van der Waals surface area contributed by atoms with E-state index in [1.165, 1.54) is 0 Å². The molecule has 0 unspecified atom stereocenters. The van der Waals surface area contributed by atoms with E-state index >= 15 is 0 Å². The first-order valence-electron chi connectivity index (χ1n) is 9.62. The Morgan fingerprint density at radius 1 is 0.576 bits per heavy atom. The molecule has 0 N–H and O–H groups in total. The molecule has 3 aromatic rings.